The minimum atomic E-state index is -0.458. The fraction of sp³-hybridized carbons (Fsp3) is 0.583. The Morgan fingerprint density at radius 2 is 2.47 bits per heavy atom. The van der Waals surface area contributed by atoms with Gasteiger partial charge in [-0.25, -0.2) is 0 Å². The molecule has 0 radical (unpaired) electrons. The van der Waals surface area contributed by atoms with Gasteiger partial charge in [0.05, 0.1) is 10.5 Å². The first-order valence-corrected chi connectivity index (χ1v) is 7.26. The van der Waals surface area contributed by atoms with Gasteiger partial charge in [-0.1, -0.05) is 11.3 Å². The highest BCUT2D eigenvalue weighted by Gasteiger charge is 2.26. The van der Waals surface area contributed by atoms with Crippen LogP contribution in [-0.2, 0) is 0 Å². The molecule has 0 aromatic carbocycles. The fourth-order valence-electron chi connectivity index (χ4n) is 2.37. The number of hydrogen-bond acceptors (Lipinski definition) is 5. The van der Waals surface area contributed by atoms with Crippen molar-refractivity contribution in [2.24, 2.45) is 0 Å². The number of rotatable bonds is 4. The van der Waals surface area contributed by atoms with Crippen molar-refractivity contribution in [1.82, 2.24) is 10.2 Å². The van der Waals surface area contributed by atoms with Crippen molar-refractivity contribution in [3.8, 4) is 0 Å². The van der Waals surface area contributed by atoms with Crippen molar-refractivity contribution in [3.05, 3.63) is 27.1 Å². The second-order valence-corrected chi connectivity index (χ2v) is 5.41. The lowest BCUT2D eigenvalue weighted by atomic mass is 10.1. The fourth-order valence-corrected chi connectivity index (χ4v) is 3.06. The quantitative estimate of drug-likeness (QED) is 0.676. The number of nitrogens with one attached hydrogen (secondary N) is 1. The molecule has 0 saturated carbocycles. The van der Waals surface area contributed by atoms with E-state index in [1.54, 1.807) is 10.3 Å². The van der Waals surface area contributed by atoms with Crippen LogP contribution in [-0.4, -0.2) is 41.4 Å². The average molecular weight is 283 g/mol. The van der Waals surface area contributed by atoms with E-state index >= 15 is 0 Å². The maximum absolute atomic E-state index is 12.4. The van der Waals surface area contributed by atoms with E-state index in [0.717, 1.165) is 37.3 Å². The molecule has 1 amide bonds. The molecule has 1 aliphatic rings. The average Bonchev–Trinajstić information content (AvgIpc) is 2.90. The smallest absolute Gasteiger partial charge is 0.324 e. The van der Waals surface area contributed by atoms with E-state index in [1.165, 1.54) is 6.07 Å². The Balaban J connectivity index is 2.12. The Morgan fingerprint density at radius 3 is 3.00 bits per heavy atom. The second-order valence-electron chi connectivity index (χ2n) is 4.52. The summed E-state index contributed by atoms with van der Waals surface area (Å²) in [4.78, 5) is 24.4. The molecule has 1 aromatic heterocycles. The SMILES string of the molecule is CCN(C(=O)c1csc([N+](=O)[O-])c1)C1CCCNC1. The Hall–Kier alpha value is -1.47. The zero-order valence-electron chi connectivity index (χ0n) is 10.8. The van der Waals surface area contributed by atoms with Gasteiger partial charge in [0.1, 0.15) is 0 Å². The van der Waals surface area contributed by atoms with Gasteiger partial charge in [-0.15, -0.1) is 0 Å². The highest BCUT2D eigenvalue weighted by molar-refractivity contribution is 7.13. The van der Waals surface area contributed by atoms with Crippen LogP contribution in [0.25, 0.3) is 0 Å². The Kier molecular flexibility index (Phi) is 4.49. The molecule has 104 valence electrons. The number of nitrogens with zero attached hydrogens (tertiary/aromatic N) is 2. The van der Waals surface area contributed by atoms with Crippen LogP contribution in [0.2, 0.25) is 0 Å². The maximum Gasteiger partial charge on any atom is 0.324 e. The molecule has 2 rings (SSSR count). The summed E-state index contributed by atoms with van der Waals surface area (Å²) in [7, 11) is 0. The molecular formula is C12H17N3O3S. The van der Waals surface area contributed by atoms with E-state index in [1.807, 2.05) is 6.92 Å². The van der Waals surface area contributed by atoms with Crippen LogP contribution in [0.1, 0.15) is 30.1 Å². The van der Waals surface area contributed by atoms with Crippen molar-refractivity contribution in [2.45, 2.75) is 25.8 Å². The standard InChI is InChI=1S/C12H17N3O3S/c1-2-14(10-4-3-5-13-7-10)12(16)9-6-11(15(17)18)19-8-9/h6,8,10,13H,2-5,7H2,1H3. The van der Waals surface area contributed by atoms with Crippen LogP contribution in [0.3, 0.4) is 0 Å². The third-order valence-electron chi connectivity index (χ3n) is 3.33. The van der Waals surface area contributed by atoms with Gasteiger partial charge in [-0.2, -0.15) is 0 Å². The lowest BCUT2D eigenvalue weighted by Gasteiger charge is -2.33. The van der Waals surface area contributed by atoms with Crippen LogP contribution < -0.4 is 5.32 Å². The number of hydrogen-bond donors (Lipinski definition) is 1. The molecule has 0 aliphatic carbocycles. The van der Waals surface area contributed by atoms with Crippen molar-refractivity contribution in [1.29, 1.82) is 0 Å². The van der Waals surface area contributed by atoms with Crippen LogP contribution in [0.15, 0.2) is 11.4 Å². The largest absolute Gasteiger partial charge is 0.335 e. The van der Waals surface area contributed by atoms with E-state index < -0.39 is 4.92 Å². The zero-order valence-corrected chi connectivity index (χ0v) is 11.6. The molecule has 6 nitrogen and oxygen atoms in total. The number of carbonyl (C=O) groups is 1. The number of likely N-dealkylation sites (N-methyl/N-ethyl adjacent to an activating group) is 1. The summed E-state index contributed by atoms with van der Waals surface area (Å²) in [5.74, 6) is -0.111. The predicted octanol–water partition coefficient (Wildman–Crippen LogP) is 1.87. The topological polar surface area (TPSA) is 75.5 Å². The molecule has 0 bridgehead atoms. The van der Waals surface area contributed by atoms with Gasteiger partial charge in [0, 0.05) is 30.6 Å². The Morgan fingerprint density at radius 1 is 1.68 bits per heavy atom. The highest BCUT2D eigenvalue weighted by Crippen LogP contribution is 2.24. The summed E-state index contributed by atoms with van der Waals surface area (Å²) in [6, 6.07) is 1.55. The minimum Gasteiger partial charge on any atom is -0.335 e. The lowest BCUT2D eigenvalue weighted by Crippen LogP contribution is -2.48. The van der Waals surface area contributed by atoms with Gasteiger partial charge in [0.2, 0.25) is 0 Å². The number of amides is 1. The molecule has 1 atom stereocenters. The molecule has 1 N–H and O–H groups in total. The number of thiophene rings is 1. The Bertz CT molecular complexity index is 469. The van der Waals surface area contributed by atoms with Gasteiger partial charge in [0.25, 0.3) is 5.91 Å². The third-order valence-corrected chi connectivity index (χ3v) is 4.21. The second kappa shape index (κ2) is 6.12. The van der Waals surface area contributed by atoms with Gasteiger partial charge >= 0.3 is 5.00 Å². The first kappa shape index (κ1) is 14.0. The van der Waals surface area contributed by atoms with Crippen LogP contribution >= 0.6 is 11.3 Å². The summed E-state index contributed by atoms with van der Waals surface area (Å²) < 4.78 is 0. The summed E-state index contributed by atoms with van der Waals surface area (Å²) in [5.41, 5.74) is 0.420. The summed E-state index contributed by atoms with van der Waals surface area (Å²) in [6.07, 6.45) is 2.04. The first-order chi connectivity index (χ1) is 9.13. The molecule has 1 saturated heterocycles. The van der Waals surface area contributed by atoms with Crippen LogP contribution in [0.4, 0.5) is 5.00 Å². The molecule has 1 unspecified atom stereocenters. The number of piperidine rings is 1. The molecule has 7 heteroatoms. The van der Waals surface area contributed by atoms with Crippen LogP contribution in [0, 0.1) is 10.1 Å². The van der Waals surface area contributed by atoms with Gasteiger partial charge in [0.15, 0.2) is 0 Å². The van der Waals surface area contributed by atoms with Crippen molar-refractivity contribution >= 4 is 22.2 Å². The molecule has 19 heavy (non-hydrogen) atoms. The lowest BCUT2D eigenvalue weighted by molar-refractivity contribution is -0.380. The van der Waals surface area contributed by atoms with Crippen molar-refractivity contribution in [2.75, 3.05) is 19.6 Å². The maximum atomic E-state index is 12.4. The van der Waals surface area contributed by atoms with Gasteiger partial charge in [-0.3, -0.25) is 14.9 Å². The first-order valence-electron chi connectivity index (χ1n) is 6.38. The number of carbonyl (C=O) groups excluding carboxylic acids is 1. The molecule has 1 aromatic rings. The van der Waals surface area contributed by atoms with E-state index in [0.29, 0.717) is 12.1 Å². The number of nitro groups is 1. The molecule has 1 fully saturated rings. The summed E-state index contributed by atoms with van der Waals surface area (Å²) in [5, 5.41) is 15.5. The van der Waals surface area contributed by atoms with E-state index in [-0.39, 0.29) is 17.0 Å². The Labute approximate surface area is 115 Å². The third kappa shape index (κ3) is 3.10. The minimum absolute atomic E-state index is 0.0150. The summed E-state index contributed by atoms with van der Waals surface area (Å²) >= 11 is 0.998. The molecule has 1 aliphatic heterocycles. The van der Waals surface area contributed by atoms with Crippen molar-refractivity contribution in [3.63, 3.8) is 0 Å². The van der Waals surface area contributed by atoms with Crippen molar-refractivity contribution < 1.29 is 9.72 Å². The van der Waals surface area contributed by atoms with E-state index in [4.69, 9.17) is 0 Å². The normalized spacial score (nSPS) is 19.1. The molecule has 2 heterocycles. The van der Waals surface area contributed by atoms with E-state index in [9.17, 15) is 14.9 Å². The monoisotopic (exact) mass is 283 g/mol. The van der Waals surface area contributed by atoms with E-state index in [2.05, 4.69) is 5.32 Å². The predicted molar refractivity (Wildman–Crippen MR) is 73.6 cm³/mol. The van der Waals surface area contributed by atoms with Crippen LogP contribution in [0.5, 0.6) is 0 Å². The summed E-state index contributed by atoms with van der Waals surface area (Å²) in [6.45, 7) is 4.35. The molecule has 0 spiro atoms. The zero-order chi connectivity index (χ0) is 13.8. The molecular weight excluding hydrogens is 266 g/mol. The highest BCUT2D eigenvalue weighted by atomic mass is 32.1. The van der Waals surface area contributed by atoms with Gasteiger partial charge in [-0.05, 0) is 26.3 Å². The van der Waals surface area contributed by atoms with Gasteiger partial charge < -0.3 is 10.2 Å².